The molecule has 0 spiro atoms. The van der Waals surface area contributed by atoms with Crippen LogP contribution >= 0.6 is 0 Å². The predicted molar refractivity (Wildman–Crippen MR) is 67.0 cm³/mol. The summed E-state index contributed by atoms with van der Waals surface area (Å²) < 4.78 is 11.7. The Balaban J connectivity index is 2.02. The minimum Gasteiger partial charge on any atom is -0.460 e. The van der Waals surface area contributed by atoms with Gasteiger partial charge in [-0.3, -0.25) is 4.68 Å². The van der Waals surface area contributed by atoms with E-state index in [0.717, 1.165) is 0 Å². The maximum atomic E-state index is 11.9. The van der Waals surface area contributed by atoms with E-state index < -0.39 is 11.6 Å². The van der Waals surface area contributed by atoms with E-state index in [1.165, 1.54) is 6.07 Å². The Bertz CT molecular complexity index is 602. The first kappa shape index (κ1) is 13.1. The minimum absolute atomic E-state index is 0.207. The summed E-state index contributed by atoms with van der Waals surface area (Å²) in [5, 5.41) is 4.00. The molecule has 0 aliphatic heterocycles. The fourth-order valence-corrected chi connectivity index (χ4v) is 1.80. The Morgan fingerprint density at radius 1 is 1.47 bits per heavy atom. The van der Waals surface area contributed by atoms with Crippen molar-refractivity contribution in [1.29, 1.82) is 0 Å². The molecule has 0 amide bonds. The number of esters is 1. The Kier molecular flexibility index (Phi) is 3.79. The molecule has 2 rings (SSSR count). The normalized spacial score (nSPS) is 10.4. The van der Waals surface area contributed by atoms with Crippen LogP contribution in [-0.4, -0.2) is 22.4 Å². The van der Waals surface area contributed by atoms with E-state index in [1.54, 1.807) is 37.0 Å². The van der Waals surface area contributed by atoms with Crippen molar-refractivity contribution >= 4 is 5.97 Å². The first-order chi connectivity index (χ1) is 9.08. The fourth-order valence-electron chi connectivity index (χ4n) is 1.80. The molecule has 0 aliphatic rings. The van der Waals surface area contributed by atoms with Gasteiger partial charge in [0.05, 0.1) is 6.54 Å². The number of rotatable bonds is 4. The Labute approximate surface area is 109 Å². The zero-order chi connectivity index (χ0) is 13.8. The molecule has 0 N–H and O–H groups in total. The van der Waals surface area contributed by atoms with Crippen molar-refractivity contribution < 1.29 is 13.9 Å². The van der Waals surface area contributed by atoms with Crippen LogP contribution in [0, 0.1) is 13.8 Å². The van der Waals surface area contributed by atoms with Gasteiger partial charge >= 0.3 is 11.6 Å². The lowest BCUT2D eigenvalue weighted by molar-refractivity contribution is 0.0482. The Morgan fingerprint density at radius 3 is 2.89 bits per heavy atom. The van der Waals surface area contributed by atoms with Crippen LogP contribution in [0.4, 0.5) is 0 Å². The molecule has 0 aliphatic carbocycles. The van der Waals surface area contributed by atoms with Crippen LogP contribution in [0.15, 0.2) is 33.7 Å². The summed E-state index contributed by atoms with van der Waals surface area (Å²) in [6, 6.07) is 3.07. The van der Waals surface area contributed by atoms with Crippen LogP contribution in [0.1, 0.15) is 21.7 Å². The maximum Gasteiger partial charge on any atom is 0.341 e. The van der Waals surface area contributed by atoms with Crippen molar-refractivity contribution in [3.05, 3.63) is 51.8 Å². The highest BCUT2D eigenvalue weighted by Crippen LogP contribution is 2.12. The first-order valence-corrected chi connectivity index (χ1v) is 5.84. The van der Waals surface area contributed by atoms with Gasteiger partial charge in [-0.15, -0.1) is 0 Å². The number of aryl methyl sites for hydroxylation is 2. The second-order valence-corrected chi connectivity index (χ2v) is 4.08. The van der Waals surface area contributed by atoms with Crippen molar-refractivity contribution in [3.63, 3.8) is 0 Å². The summed E-state index contributed by atoms with van der Waals surface area (Å²) in [6.45, 7) is 3.93. The number of hydrogen-bond donors (Lipinski definition) is 0. The van der Waals surface area contributed by atoms with Gasteiger partial charge in [-0.1, -0.05) is 0 Å². The highest BCUT2D eigenvalue weighted by atomic mass is 16.5. The summed E-state index contributed by atoms with van der Waals surface area (Å²) in [7, 11) is 0. The van der Waals surface area contributed by atoms with Gasteiger partial charge in [-0.2, -0.15) is 5.10 Å². The number of hydrogen-bond acceptors (Lipinski definition) is 5. The van der Waals surface area contributed by atoms with Crippen LogP contribution in [0.3, 0.4) is 0 Å². The zero-order valence-corrected chi connectivity index (χ0v) is 10.8. The number of aromatic nitrogens is 2. The number of ether oxygens (including phenoxy) is 1. The molecule has 0 aromatic carbocycles. The average molecular weight is 262 g/mol. The second-order valence-electron chi connectivity index (χ2n) is 4.08. The lowest BCUT2D eigenvalue weighted by Gasteiger charge is -2.08. The summed E-state index contributed by atoms with van der Waals surface area (Å²) >= 11 is 0. The van der Waals surface area contributed by atoms with Gasteiger partial charge in [0.1, 0.15) is 17.9 Å². The molecule has 2 aromatic heterocycles. The zero-order valence-electron chi connectivity index (χ0n) is 10.8. The SMILES string of the molecule is Cc1cc(=O)oc(C)c1C(=O)OCCn1cccn1. The molecule has 19 heavy (non-hydrogen) atoms. The molecular weight excluding hydrogens is 248 g/mol. The molecule has 0 radical (unpaired) electrons. The molecule has 2 heterocycles. The molecule has 0 bridgehead atoms. The molecule has 0 atom stereocenters. The van der Waals surface area contributed by atoms with Crippen molar-refractivity contribution in [1.82, 2.24) is 9.78 Å². The molecule has 0 unspecified atom stereocenters. The lowest BCUT2D eigenvalue weighted by Crippen LogP contribution is -2.15. The quantitative estimate of drug-likeness (QED) is 0.777. The van der Waals surface area contributed by atoms with E-state index in [9.17, 15) is 9.59 Å². The second kappa shape index (κ2) is 5.51. The third-order valence-corrected chi connectivity index (χ3v) is 2.65. The van der Waals surface area contributed by atoms with E-state index in [-0.39, 0.29) is 12.4 Å². The van der Waals surface area contributed by atoms with Crippen molar-refractivity contribution in [2.24, 2.45) is 0 Å². The van der Waals surface area contributed by atoms with E-state index in [2.05, 4.69) is 5.10 Å². The van der Waals surface area contributed by atoms with Gasteiger partial charge < -0.3 is 9.15 Å². The van der Waals surface area contributed by atoms with Crippen LogP contribution < -0.4 is 5.63 Å². The van der Waals surface area contributed by atoms with Crippen LogP contribution in [-0.2, 0) is 11.3 Å². The molecular formula is C13H14N2O4. The number of nitrogens with zero attached hydrogens (tertiary/aromatic N) is 2. The van der Waals surface area contributed by atoms with E-state index >= 15 is 0 Å². The van der Waals surface area contributed by atoms with Crippen LogP contribution in [0.5, 0.6) is 0 Å². The molecule has 0 saturated carbocycles. The monoisotopic (exact) mass is 262 g/mol. The Hall–Kier alpha value is -2.37. The third-order valence-electron chi connectivity index (χ3n) is 2.65. The van der Waals surface area contributed by atoms with Gasteiger partial charge in [0, 0.05) is 18.5 Å². The third kappa shape index (κ3) is 3.09. The molecule has 0 saturated heterocycles. The molecule has 0 fully saturated rings. The maximum absolute atomic E-state index is 11.9. The summed E-state index contributed by atoms with van der Waals surface area (Å²) in [4.78, 5) is 23.0. The predicted octanol–water partition coefficient (Wildman–Crippen LogP) is 1.31. The minimum atomic E-state index is -0.495. The van der Waals surface area contributed by atoms with E-state index in [4.69, 9.17) is 9.15 Å². The molecule has 6 heteroatoms. The van der Waals surface area contributed by atoms with Gasteiger partial charge in [0.25, 0.3) is 0 Å². The van der Waals surface area contributed by atoms with Crippen molar-refractivity contribution in [3.8, 4) is 0 Å². The van der Waals surface area contributed by atoms with Crippen LogP contribution in [0.2, 0.25) is 0 Å². The van der Waals surface area contributed by atoms with Gasteiger partial charge in [-0.25, -0.2) is 9.59 Å². The standard InChI is InChI=1S/C13H14N2O4/c1-9-8-11(16)19-10(2)12(9)13(17)18-7-6-15-5-3-4-14-15/h3-5,8H,6-7H2,1-2H3. The fraction of sp³-hybridized carbons (Fsp3) is 0.308. The highest BCUT2D eigenvalue weighted by Gasteiger charge is 2.16. The number of carbonyl (C=O) groups is 1. The molecule has 6 nitrogen and oxygen atoms in total. The Morgan fingerprint density at radius 2 is 2.26 bits per heavy atom. The topological polar surface area (TPSA) is 74.3 Å². The summed E-state index contributed by atoms with van der Waals surface area (Å²) in [5.74, 6) is -0.222. The molecule has 2 aromatic rings. The van der Waals surface area contributed by atoms with Gasteiger partial charge in [0.2, 0.25) is 0 Å². The number of carbonyl (C=O) groups excluding carboxylic acids is 1. The highest BCUT2D eigenvalue weighted by molar-refractivity contribution is 5.91. The lowest BCUT2D eigenvalue weighted by atomic mass is 10.1. The van der Waals surface area contributed by atoms with Gasteiger partial charge in [-0.05, 0) is 25.5 Å². The van der Waals surface area contributed by atoms with Crippen molar-refractivity contribution in [2.75, 3.05) is 6.61 Å². The largest absolute Gasteiger partial charge is 0.460 e. The first-order valence-electron chi connectivity index (χ1n) is 5.84. The van der Waals surface area contributed by atoms with Crippen LogP contribution in [0.25, 0.3) is 0 Å². The average Bonchev–Trinajstić information content (AvgIpc) is 2.80. The van der Waals surface area contributed by atoms with E-state index in [0.29, 0.717) is 17.7 Å². The van der Waals surface area contributed by atoms with E-state index in [1.807, 2.05) is 0 Å². The smallest absolute Gasteiger partial charge is 0.341 e. The summed E-state index contributed by atoms with van der Waals surface area (Å²) in [6.07, 6.45) is 3.44. The van der Waals surface area contributed by atoms with Gasteiger partial charge in [0.15, 0.2) is 0 Å². The summed E-state index contributed by atoms with van der Waals surface area (Å²) in [5.41, 5.74) is 0.390. The molecule has 100 valence electrons. The van der Waals surface area contributed by atoms with Crippen molar-refractivity contribution in [2.45, 2.75) is 20.4 Å².